The predicted molar refractivity (Wildman–Crippen MR) is 68.5 cm³/mol. The number of hydrogen-bond acceptors (Lipinski definition) is 1. The van der Waals surface area contributed by atoms with Gasteiger partial charge >= 0.3 is 6.18 Å². The molecule has 20 heavy (non-hydrogen) atoms. The zero-order chi connectivity index (χ0) is 14.8. The fourth-order valence-electron chi connectivity index (χ4n) is 2.05. The van der Waals surface area contributed by atoms with Gasteiger partial charge in [0.05, 0.1) is 5.56 Å². The number of alkyl halides is 3. The summed E-state index contributed by atoms with van der Waals surface area (Å²) >= 11 is 0. The minimum absolute atomic E-state index is 0.000856. The van der Waals surface area contributed by atoms with Crippen molar-refractivity contribution in [3.8, 4) is 0 Å². The van der Waals surface area contributed by atoms with Crippen LogP contribution in [0.1, 0.15) is 22.7 Å². The molecule has 106 valence electrons. The second-order valence-electron chi connectivity index (χ2n) is 4.52. The van der Waals surface area contributed by atoms with Gasteiger partial charge in [-0.1, -0.05) is 36.4 Å². The summed E-state index contributed by atoms with van der Waals surface area (Å²) in [5, 5.41) is 0. The first-order valence-corrected chi connectivity index (χ1v) is 6.04. The molecule has 2 aromatic rings. The maximum atomic E-state index is 13.0. The van der Waals surface area contributed by atoms with Gasteiger partial charge < -0.3 is 5.73 Å². The lowest BCUT2D eigenvalue weighted by Crippen LogP contribution is -2.17. The van der Waals surface area contributed by atoms with Crippen LogP contribution in [0.4, 0.5) is 17.6 Å². The highest BCUT2D eigenvalue weighted by molar-refractivity contribution is 5.32. The van der Waals surface area contributed by atoms with Gasteiger partial charge in [-0.2, -0.15) is 13.2 Å². The fourth-order valence-corrected chi connectivity index (χ4v) is 2.05. The quantitative estimate of drug-likeness (QED) is 0.844. The monoisotopic (exact) mass is 283 g/mol. The van der Waals surface area contributed by atoms with E-state index in [4.69, 9.17) is 5.73 Å². The highest BCUT2D eigenvalue weighted by Crippen LogP contribution is 2.34. The minimum Gasteiger partial charge on any atom is -0.324 e. The number of rotatable bonds is 3. The molecule has 2 aromatic carbocycles. The molecule has 0 bridgehead atoms. The van der Waals surface area contributed by atoms with Gasteiger partial charge in [-0.3, -0.25) is 0 Å². The van der Waals surface area contributed by atoms with Gasteiger partial charge in [0.15, 0.2) is 0 Å². The molecule has 0 aliphatic rings. The molecule has 0 spiro atoms. The molecule has 0 radical (unpaired) electrons. The Morgan fingerprint density at radius 2 is 1.65 bits per heavy atom. The van der Waals surface area contributed by atoms with E-state index in [1.807, 2.05) is 0 Å². The summed E-state index contributed by atoms with van der Waals surface area (Å²) in [5.41, 5.74) is 5.68. The summed E-state index contributed by atoms with van der Waals surface area (Å²) in [6.45, 7) is 0. The molecule has 1 unspecified atom stereocenters. The van der Waals surface area contributed by atoms with Crippen molar-refractivity contribution >= 4 is 0 Å². The summed E-state index contributed by atoms with van der Waals surface area (Å²) in [6.07, 6.45) is -4.59. The normalized spacial score (nSPS) is 13.2. The van der Waals surface area contributed by atoms with E-state index < -0.39 is 23.6 Å². The standard InChI is InChI=1S/C15H13F4N/c16-12-7-6-11(13(9-12)15(17,18)19)8-14(20)10-4-2-1-3-5-10/h1-7,9,14H,8,20H2. The van der Waals surface area contributed by atoms with Crippen LogP contribution in [0.3, 0.4) is 0 Å². The first-order valence-electron chi connectivity index (χ1n) is 6.04. The Hall–Kier alpha value is -1.88. The summed E-state index contributed by atoms with van der Waals surface area (Å²) in [6, 6.07) is 10.9. The second kappa shape index (κ2) is 5.63. The van der Waals surface area contributed by atoms with Gasteiger partial charge in [0.1, 0.15) is 5.82 Å². The van der Waals surface area contributed by atoms with E-state index in [1.54, 1.807) is 30.3 Å². The van der Waals surface area contributed by atoms with E-state index in [-0.39, 0.29) is 12.0 Å². The van der Waals surface area contributed by atoms with E-state index >= 15 is 0 Å². The third-order valence-corrected chi connectivity index (χ3v) is 3.04. The van der Waals surface area contributed by atoms with Crippen LogP contribution in [0, 0.1) is 5.82 Å². The van der Waals surface area contributed by atoms with Crippen LogP contribution in [0.5, 0.6) is 0 Å². The Kier molecular flexibility index (Phi) is 4.09. The molecule has 1 nitrogen and oxygen atoms in total. The van der Waals surface area contributed by atoms with Crippen molar-refractivity contribution in [2.24, 2.45) is 5.73 Å². The molecule has 0 fully saturated rings. The molecule has 0 amide bonds. The lowest BCUT2D eigenvalue weighted by atomic mass is 9.96. The zero-order valence-electron chi connectivity index (χ0n) is 10.5. The van der Waals surface area contributed by atoms with Gasteiger partial charge in [-0.15, -0.1) is 0 Å². The smallest absolute Gasteiger partial charge is 0.324 e. The molecule has 5 heteroatoms. The summed E-state index contributed by atoms with van der Waals surface area (Å²) < 4.78 is 51.6. The average Bonchev–Trinajstić information content (AvgIpc) is 2.40. The van der Waals surface area contributed by atoms with Crippen molar-refractivity contribution in [3.05, 3.63) is 71.0 Å². The summed E-state index contributed by atoms with van der Waals surface area (Å²) in [4.78, 5) is 0. The minimum atomic E-state index is -4.59. The van der Waals surface area contributed by atoms with Crippen LogP contribution in [0.25, 0.3) is 0 Å². The average molecular weight is 283 g/mol. The van der Waals surface area contributed by atoms with Crippen molar-refractivity contribution in [1.29, 1.82) is 0 Å². The lowest BCUT2D eigenvalue weighted by molar-refractivity contribution is -0.138. The molecule has 0 aliphatic heterocycles. The molecule has 2 rings (SSSR count). The Bertz CT molecular complexity index is 578. The number of hydrogen-bond donors (Lipinski definition) is 1. The molecular formula is C15H13F4N. The van der Waals surface area contributed by atoms with Crippen LogP contribution < -0.4 is 5.73 Å². The SMILES string of the molecule is NC(Cc1ccc(F)cc1C(F)(F)F)c1ccccc1. The molecule has 1 atom stereocenters. The fraction of sp³-hybridized carbons (Fsp3) is 0.200. The predicted octanol–water partition coefficient (Wildman–Crippen LogP) is 4.09. The molecule has 2 N–H and O–H groups in total. The molecule has 0 aromatic heterocycles. The van der Waals surface area contributed by atoms with Crippen molar-refractivity contribution in [2.75, 3.05) is 0 Å². The molecule has 0 heterocycles. The van der Waals surface area contributed by atoms with Crippen LogP contribution in [-0.2, 0) is 12.6 Å². The largest absolute Gasteiger partial charge is 0.416 e. The number of halogens is 4. The van der Waals surface area contributed by atoms with Gasteiger partial charge in [0, 0.05) is 6.04 Å². The number of nitrogens with two attached hydrogens (primary N) is 1. The first kappa shape index (κ1) is 14.5. The van der Waals surface area contributed by atoms with Crippen molar-refractivity contribution in [3.63, 3.8) is 0 Å². The number of benzene rings is 2. The third kappa shape index (κ3) is 3.36. The van der Waals surface area contributed by atoms with Crippen molar-refractivity contribution in [2.45, 2.75) is 18.6 Å². The van der Waals surface area contributed by atoms with Crippen LogP contribution >= 0.6 is 0 Å². The Balaban J connectivity index is 2.30. The zero-order valence-corrected chi connectivity index (χ0v) is 10.5. The lowest BCUT2D eigenvalue weighted by Gasteiger charge is -2.17. The van der Waals surface area contributed by atoms with Gasteiger partial charge in [0.25, 0.3) is 0 Å². The molecule has 0 saturated heterocycles. The second-order valence-corrected chi connectivity index (χ2v) is 4.52. The third-order valence-electron chi connectivity index (χ3n) is 3.04. The summed E-state index contributed by atoms with van der Waals surface area (Å²) in [5.74, 6) is -0.908. The first-order chi connectivity index (χ1) is 9.38. The molecule has 0 saturated carbocycles. The van der Waals surface area contributed by atoms with E-state index in [1.165, 1.54) is 0 Å². The molecular weight excluding hydrogens is 270 g/mol. The Labute approximate surface area is 114 Å². The maximum absolute atomic E-state index is 13.0. The van der Waals surface area contributed by atoms with Crippen LogP contribution in [0.2, 0.25) is 0 Å². The Morgan fingerprint density at radius 3 is 2.25 bits per heavy atom. The van der Waals surface area contributed by atoms with Crippen molar-refractivity contribution < 1.29 is 17.6 Å². The van der Waals surface area contributed by atoms with E-state index in [0.29, 0.717) is 6.07 Å². The van der Waals surface area contributed by atoms with Crippen molar-refractivity contribution in [1.82, 2.24) is 0 Å². The highest BCUT2D eigenvalue weighted by Gasteiger charge is 2.34. The van der Waals surface area contributed by atoms with Crippen LogP contribution in [-0.4, -0.2) is 0 Å². The highest BCUT2D eigenvalue weighted by atomic mass is 19.4. The van der Waals surface area contributed by atoms with E-state index in [0.717, 1.165) is 17.7 Å². The van der Waals surface area contributed by atoms with E-state index in [9.17, 15) is 17.6 Å². The van der Waals surface area contributed by atoms with Gasteiger partial charge in [-0.25, -0.2) is 4.39 Å². The Morgan fingerprint density at radius 1 is 1.00 bits per heavy atom. The topological polar surface area (TPSA) is 26.0 Å². The maximum Gasteiger partial charge on any atom is 0.416 e. The molecule has 0 aliphatic carbocycles. The van der Waals surface area contributed by atoms with Gasteiger partial charge in [0.2, 0.25) is 0 Å². The van der Waals surface area contributed by atoms with Crippen LogP contribution in [0.15, 0.2) is 48.5 Å². The summed E-state index contributed by atoms with van der Waals surface area (Å²) in [7, 11) is 0. The van der Waals surface area contributed by atoms with Gasteiger partial charge in [-0.05, 0) is 29.7 Å². The van der Waals surface area contributed by atoms with E-state index in [2.05, 4.69) is 0 Å².